The van der Waals surface area contributed by atoms with Crippen LogP contribution in [0.2, 0.25) is 5.02 Å². The molecule has 1 aliphatic heterocycles. The summed E-state index contributed by atoms with van der Waals surface area (Å²) in [5.41, 5.74) is 0.652. The average molecular weight is 371 g/mol. The fourth-order valence-electron chi connectivity index (χ4n) is 4.16. The topological polar surface area (TPSA) is 55.4 Å². The highest BCUT2D eigenvalue weighted by molar-refractivity contribution is 9.10. The first-order valence-electron chi connectivity index (χ1n) is 7.01. The molecule has 1 aromatic rings. The van der Waals surface area contributed by atoms with E-state index in [0.717, 1.165) is 17.3 Å². The molecule has 0 unspecified atom stereocenters. The molecule has 2 bridgehead atoms. The molecule has 0 spiro atoms. The fraction of sp³-hybridized carbons (Fsp3) is 0.467. The fourth-order valence-corrected chi connectivity index (χ4v) is 4.59. The monoisotopic (exact) mass is 369 g/mol. The highest BCUT2D eigenvalue weighted by Gasteiger charge is 2.63. The van der Waals surface area contributed by atoms with Gasteiger partial charge < -0.3 is 10.1 Å². The summed E-state index contributed by atoms with van der Waals surface area (Å²) in [7, 11) is 0. The van der Waals surface area contributed by atoms with Crippen molar-refractivity contribution in [2.45, 2.75) is 18.9 Å². The van der Waals surface area contributed by atoms with Crippen LogP contribution in [0.3, 0.4) is 0 Å². The highest BCUT2D eigenvalue weighted by atomic mass is 79.9. The highest BCUT2D eigenvalue weighted by Crippen LogP contribution is 2.57. The van der Waals surface area contributed by atoms with Crippen LogP contribution in [0.25, 0.3) is 0 Å². The number of nitrogens with one attached hydrogen (secondary N) is 1. The Kier molecular flexibility index (Phi) is 3.05. The third-order valence-corrected chi connectivity index (χ3v) is 6.21. The molecule has 1 N–H and O–H groups in total. The van der Waals surface area contributed by atoms with Crippen LogP contribution in [-0.2, 0) is 14.3 Å². The number of esters is 1. The van der Waals surface area contributed by atoms with E-state index >= 15 is 0 Å². The summed E-state index contributed by atoms with van der Waals surface area (Å²) in [5.74, 6) is -0.292. The van der Waals surface area contributed by atoms with E-state index in [-0.39, 0.29) is 41.7 Å². The van der Waals surface area contributed by atoms with Crippen LogP contribution in [0.15, 0.2) is 22.7 Å². The van der Waals surface area contributed by atoms with Gasteiger partial charge in [-0.15, -0.1) is 0 Å². The van der Waals surface area contributed by atoms with E-state index in [1.165, 1.54) is 0 Å². The number of amides is 1. The summed E-state index contributed by atoms with van der Waals surface area (Å²) in [6.45, 7) is 0. The Balaban J connectivity index is 1.55. The standard InChI is InChI=1S/C15H13BrClNO3/c16-9-2-1-7(5-10(9)17)18-14(19)12-6-3-8-11(4-6)21-15(20)13(8)12/h1-2,5-6,8,11-13H,3-4H2,(H,18,19)/t6-,8-,11+,12+,13-/m0/s1. The van der Waals surface area contributed by atoms with Crippen molar-refractivity contribution in [3.63, 3.8) is 0 Å². The summed E-state index contributed by atoms with van der Waals surface area (Å²) in [6, 6.07) is 5.28. The van der Waals surface area contributed by atoms with Gasteiger partial charge in [0, 0.05) is 16.1 Å². The van der Waals surface area contributed by atoms with Crippen molar-refractivity contribution in [2.75, 3.05) is 5.32 Å². The maximum absolute atomic E-state index is 12.6. The van der Waals surface area contributed by atoms with Crippen molar-refractivity contribution < 1.29 is 14.3 Å². The molecule has 4 nitrogen and oxygen atoms in total. The Bertz CT molecular complexity index is 648. The molecule has 2 aliphatic carbocycles. The molecule has 110 valence electrons. The second-order valence-electron chi connectivity index (χ2n) is 6.04. The number of rotatable bonds is 2. The zero-order valence-electron chi connectivity index (χ0n) is 11.0. The van der Waals surface area contributed by atoms with E-state index in [2.05, 4.69) is 21.2 Å². The van der Waals surface area contributed by atoms with Crippen LogP contribution in [0.1, 0.15) is 12.8 Å². The smallest absolute Gasteiger partial charge is 0.310 e. The van der Waals surface area contributed by atoms with E-state index in [9.17, 15) is 9.59 Å². The summed E-state index contributed by atoms with van der Waals surface area (Å²) < 4.78 is 6.14. The van der Waals surface area contributed by atoms with Crippen molar-refractivity contribution in [2.24, 2.45) is 23.7 Å². The molecule has 21 heavy (non-hydrogen) atoms. The van der Waals surface area contributed by atoms with E-state index in [1.807, 2.05) is 0 Å². The van der Waals surface area contributed by atoms with Gasteiger partial charge in [0.2, 0.25) is 5.91 Å². The lowest BCUT2D eigenvalue weighted by atomic mass is 9.79. The lowest BCUT2D eigenvalue weighted by Crippen LogP contribution is -2.35. The van der Waals surface area contributed by atoms with Crippen molar-refractivity contribution >= 4 is 45.1 Å². The van der Waals surface area contributed by atoms with Gasteiger partial charge in [0.25, 0.3) is 0 Å². The van der Waals surface area contributed by atoms with Gasteiger partial charge in [-0.05, 0) is 52.9 Å². The van der Waals surface area contributed by atoms with Gasteiger partial charge in [0.1, 0.15) is 6.10 Å². The maximum atomic E-state index is 12.6. The second-order valence-corrected chi connectivity index (χ2v) is 7.30. The number of carbonyl (C=O) groups is 2. The van der Waals surface area contributed by atoms with Gasteiger partial charge in [0.15, 0.2) is 0 Å². The van der Waals surface area contributed by atoms with Crippen LogP contribution in [-0.4, -0.2) is 18.0 Å². The molecule has 2 saturated carbocycles. The van der Waals surface area contributed by atoms with E-state index < -0.39 is 0 Å². The van der Waals surface area contributed by atoms with Crippen molar-refractivity contribution in [1.29, 1.82) is 0 Å². The Morgan fingerprint density at radius 1 is 1.38 bits per heavy atom. The SMILES string of the molecule is O=C(Nc1ccc(Br)c(Cl)c1)[C@@H]1[C@H]2C[C@@H]3[C@@H]1C(=O)O[C@@H]3C2. The van der Waals surface area contributed by atoms with E-state index in [0.29, 0.717) is 10.7 Å². The average Bonchev–Trinajstić information content (AvgIpc) is 3.04. The van der Waals surface area contributed by atoms with Crippen LogP contribution < -0.4 is 5.32 Å². The summed E-state index contributed by atoms with van der Waals surface area (Å²) in [4.78, 5) is 24.5. The number of benzene rings is 1. The predicted molar refractivity (Wildman–Crippen MR) is 80.9 cm³/mol. The second kappa shape index (κ2) is 4.71. The molecule has 5 atom stereocenters. The van der Waals surface area contributed by atoms with E-state index in [4.69, 9.17) is 16.3 Å². The van der Waals surface area contributed by atoms with Crippen molar-refractivity contribution in [3.8, 4) is 0 Å². The van der Waals surface area contributed by atoms with Crippen molar-refractivity contribution in [3.05, 3.63) is 27.7 Å². The molecule has 4 rings (SSSR count). The maximum Gasteiger partial charge on any atom is 0.310 e. The summed E-state index contributed by atoms with van der Waals surface area (Å²) in [5, 5.41) is 3.43. The van der Waals surface area contributed by atoms with Gasteiger partial charge in [-0.2, -0.15) is 0 Å². The molecule has 3 aliphatic rings. The van der Waals surface area contributed by atoms with Crippen molar-refractivity contribution in [1.82, 2.24) is 0 Å². The van der Waals surface area contributed by atoms with Gasteiger partial charge in [-0.25, -0.2) is 0 Å². The largest absolute Gasteiger partial charge is 0.462 e. The first-order valence-corrected chi connectivity index (χ1v) is 8.18. The lowest BCUT2D eigenvalue weighted by Gasteiger charge is -2.23. The molecular weight excluding hydrogens is 358 g/mol. The minimum absolute atomic E-state index is 0.0543. The first-order chi connectivity index (χ1) is 10.0. The molecule has 1 heterocycles. The molecule has 3 fully saturated rings. The van der Waals surface area contributed by atoms with Gasteiger partial charge in [0.05, 0.1) is 16.9 Å². The summed E-state index contributed by atoms with van der Waals surface area (Å²) in [6.07, 6.45) is 1.81. The minimum Gasteiger partial charge on any atom is -0.462 e. The number of halogens is 2. The minimum atomic E-state index is -0.260. The van der Waals surface area contributed by atoms with Crippen LogP contribution in [0, 0.1) is 23.7 Å². The molecule has 1 saturated heterocycles. The Labute approximate surface area is 135 Å². The van der Waals surface area contributed by atoms with Gasteiger partial charge in [-0.1, -0.05) is 11.6 Å². The number of hydrogen-bond acceptors (Lipinski definition) is 3. The Morgan fingerprint density at radius 2 is 2.19 bits per heavy atom. The summed E-state index contributed by atoms with van der Waals surface area (Å²) >= 11 is 9.35. The third-order valence-electron chi connectivity index (χ3n) is 4.97. The van der Waals surface area contributed by atoms with Gasteiger partial charge >= 0.3 is 5.97 Å². The molecular formula is C15H13BrClNO3. The molecule has 1 aromatic carbocycles. The molecule has 0 aromatic heterocycles. The normalized spacial score (nSPS) is 35.9. The van der Waals surface area contributed by atoms with E-state index in [1.54, 1.807) is 18.2 Å². The number of ether oxygens (including phenoxy) is 1. The number of hydrogen-bond donors (Lipinski definition) is 1. The zero-order valence-corrected chi connectivity index (χ0v) is 13.4. The Hall–Kier alpha value is -1.07. The lowest BCUT2D eigenvalue weighted by molar-refractivity contribution is -0.145. The zero-order chi connectivity index (χ0) is 14.7. The molecule has 0 radical (unpaired) electrons. The molecule has 6 heteroatoms. The number of fused-ring (bicyclic) bond motifs is 1. The van der Waals surface area contributed by atoms with Crippen LogP contribution in [0.4, 0.5) is 5.69 Å². The first kappa shape index (κ1) is 13.6. The van der Waals surface area contributed by atoms with Gasteiger partial charge in [-0.3, -0.25) is 9.59 Å². The van der Waals surface area contributed by atoms with Crippen LogP contribution >= 0.6 is 27.5 Å². The Morgan fingerprint density at radius 3 is 2.95 bits per heavy atom. The molecule has 1 amide bonds. The predicted octanol–water partition coefficient (Wildman–Crippen LogP) is 3.24. The number of anilines is 1. The van der Waals surface area contributed by atoms with Crippen LogP contribution in [0.5, 0.6) is 0 Å². The third kappa shape index (κ3) is 2.01. The number of carbonyl (C=O) groups excluding carboxylic acids is 2. The quantitative estimate of drug-likeness (QED) is 0.813.